The van der Waals surface area contributed by atoms with Crippen molar-refractivity contribution in [3.63, 3.8) is 0 Å². The van der Waals surface area contributed by atoms with Crippen LogP contribution in [0, 0.1) is 6.92 Å². The predicted octanol–water partition coefficient (Wildman–Crippen LogP) is 5.50. The Labute approximate surface area is 159 Å². The lowest BCUT2D eigenvalue weighted by atomic mass is 9.66. The maximum Gasteiger partial charge on any atom is 0.180 e. The number of rotatable bonds is 1. The highest BCUT2D eigenvalue weighted by atomic mass is 35.5. The van der Waals surface area contributed by atoms with Crippen molar-refractivity contribution < 1.29 is 0 Å². The zero-order chi connectivity index (χ0) is 18.7. The largest absolute Gasteiger partial charge is 0.274 e. The molecule has 0 bridgehead atoms. The van der Waals surface area contributed by atoms with E-state index in [0.717, 1.165) is 22.2 Å². The number of fused-ring (bicyclic) bond motifs is 2. The summed E-state index contributed by atoms with van der Waals surface area (Å²) in [6.07, 6.45) is 0. The molecule has 0 atom stereocenters. The van der Waals surface area contributed by atoms with Crippen LogP contribution >= 0.6 is 11.6 Å². The molecule has 0 N–H and O–H groups in total. The third kappa shape index (κ3) is 2.45. The van der Waals surface area contributed by atoms with E-state index in [4.69, 9.17) is 21.6 Å². The first-order valence-electron chi connectivity index (χ1n) is 8.85. The molecule has 4 heteroatoms. The van der Waals surface area contributed by atoms with E-state index in [1.54, 1.807) is 0 Å². The summed E-state index contributed by atoms with van der Waals surface area (Å²) in [5.41, 5.74) is 4.87. The Morgan fingerprint density at radius 2 is 1.65 bits per heavy atom. The lowest BCUT2D eigenvalue weighted by Gasteiger charge is -2.44. The quantitative estimate of drug-likeness (QED) is 0.535. The van der Waals surface area contributed by atoms with E-state index >= 15 is 0 Å². The normalized spacial score (nSPS) is 17.7. The van der Waals surface area contributed by atoms with Gasteiger partial charge < -0.3 is 0 Å². The van der Waals surface area contributed by atoms with E-state index in [9.17, 15) is 0 Å². The molecule has 3 nitrogen and oxygen atoms in total. The molecule has 26 heavy (non-hydrogen) atoms. The van der Waals surface area contributed by atoms with E-state index in [1.807, 2.05) is 24.3 Å². The van der Waals surface area contributed by atoms with Gasteiger partial charge in [-0.2, -0.15) is 0 Å². The number of aromatic nitrogens is 2. The van der Waals surface area contributed by atoms with Crippen LogP contribution in [0.4, 0.5) is 0 Å². The zero-order valence-electron chi connectivity index (χ0n) is 15.8. The van der Waals surface area contributed by atoms with Crippen molar-refractivity contribution in [1.29, 1.82) is 0 Å². The third-order valence-electron chi connectivity index (χ3n) is 5.79. The van der Waals surface area contributed by atoms with Crippen molar-refractivity contribution in [3.05, 3.63) is 70.1 Å². The molecule has 0 saturated heterocycles. The number of hydrogen-bond acceptors (Lipinski definition) is 3. The van der Waals surface area contributed by atoms with Crippen LogP contribution in [0.2, 0.25) is 5.15 Å². The minimum absolute atomic E-state index is 0.0987. The van der Waals surface area contributed by atoms with Crippen LogP contribution in [0.1, 0.15) is 50.2 Å². The van der Waals surface area contributed by atoms with Gasteiger partial charge in [-0.3, -0.25) is 4.99 Å². The Hall–Kier alpha value is -2.26. The molecule has 0 amide bonds. The Bertz CT molecular complexity index is 1060. The standard InChI is InChI=1S/C22H22ClN3/c1-13-10-11-14-16(12-13)21(2,3)22(4,5)26-18(14)20-24-17-9-7-6-8-15(17)19(23)25-20/h6-12H,1-5H3. The van der Waals surface area contributed by atoms with Gasteiger partial charge in [0.05, 0.1) is 11.1 Å². The van der Waals surface area contributed by atoms with E-state index < -0.39 is 0 Å². The van der Waals surface area contributed by atoms with Crippen LogP contribution in [0.15, 0.2) is 47.5 Å². The Morgan fingerprint density at radius 1 is 0.923 bits per heavy atom. The Morgan fingerprint density at radius 3 is 2.42 bits per heavy atom. The lowest BCUT2D eigenvalue weighted by Crippen LogP contribution is -2.46. The Kier molecular flexibility index (Phi) is 3.71. The maximum atomic E-state index is 6.45. The van der Waals surface area contributed by atoms with E-state index in [2.05, 4.69) is 57.8 Å². The molecule has 3 aromatic rings. The summed E-state index contributed by atoms with van der Waals surface area (Å²) in [4.78, 5) is 14.4. The smallest absolute Gasteiger partial charge is 0.180 e. The first-order chi connectivity index (χ1) is 12.2. The number of para-hydroxylation sites is 1. The fraction of sp³-hybridized carbons (Fsp3) is 0.318. The highest BCUT2D eigenvalue weighted by Crippen LogP contribution is 2.44. The first kappa shape index (κ1) is 17.2. The van der Waals surface area contributed by atoms with Gasteiger partial charge in [-0.1, -0.05) is 61.3 Å². The molecule has 0 saturated carbocycles. The topological polar surface area (TPSA) is 38.1 Å². The van der Waals surface area contributed by atoms with Crippen molar-refractivity contribution in [1.82, 2.24) is 9.97 Å². The average Bonchev–Trinajstić information content (AvgIpc) is 2.59. The second-order valence-corrected chi connectivity index (χ2v) is 8.41. The molecule has 0 aliphatic carbocycles. The van der Waals surface area contributed by atoms with Gasteiger partial charge in [0, 0.05) is 16.4 Å². The zero-order valence-corrected chi connectivity index (χ0v) is 16.5. The van der Waals surface area contributed by atoms with Gasteiger partial charge >= 0.3 is 0 Å². The summed E-state index contributed by atoms with van der Waals surface area (Å²) in [5, 5.41) is 1.32. The number of aliphatic imine (C=N–C) groups is 1. The number of aryl methyl sites for hydroxylation is 1. The summed E-state index contributed by atoms with van der Waals surface area (Å²) in [5.74, 6) is 0.586. The van der Waals surface area contributed by atoms with E-state index in [1.165, 1.54) is 11.1 Å². The number of hydrogen-bond donors (Lipinski definition) is 0. The predicted molar refractivity (Wildman–Crippen MR) is 108 cm³/mol. The van der Waals surface area contributed by atoms with Crippen molar-refractivity contribution in [2.24, 2.45) is 4.99 Å². The molecule has 0 unspecified atom stereocenters. The highest BCUT2D eigenvalue weighted by Gasteiger charge is 2.44. The summed E-state index contributed by atoms with van der Waals surface area (Å²) in [6.45, 7) is 11.0. The lowest BCUT2D eigenvalue weighted by molar-refractivity contribution is 0.303. The van der Waals surface area contributed by atoms with Crippen LogP contribution in [0.5, 0.6) is 0 Å². The molecule has 4 rings (SSSR count). The molecule has 0 fully saturated rings. The summed E-state index contributed by atoms with van der Waals surface area (Å²) < 4.78 is 0. The molecular formula is C22H22ClN3. The minimum Gasteiger partial charge on any atom is -0.274 e. The number of nitrogens with zero attached hydrogens (tertiary/aromatic N) is 3. The van der Waals surface area contributed by atoms with Gasteiger partial charge in [0.1, 0.15) is 10.9 Å². The van der Waals surface area contributed by atoms with Gasteiger partial charge in [0.25, 0.3) is 0 Å². The minimum atomic E-state index is -0.287. The van der Waals surface area contributed by atoms with Gasteiger partial charge in [-0.15, -0.1) is 0 Å². The summed E-state index contributed by atoms with van der Waals surface area (Å²) in [7, 11) is 0. The van der Waals surface area contributed by atoms with Gasteiger partial charge in [0.2, 0.25) is 0 Å². The molecule has 1 aliphatic rings. The molecule has 1 aromatic heterocycles. The molecule has 0 radical (unpaired) electrons. The molecule has 2 heterocycles. The van der Waals surface area contributed by atoms with Crippen LogP contribution in [-0.4, -0.2) is 21.2 Å². The molecular weight excluding hydrogens is 342 g/mol. The van der Waals surface area contributed by atoms with Gasteiger partial charge in [-0.25, -0.2) is 9.97 Å². The monoisotopic (exact) mass is 363 g/mol. The fourth-order valence-electron chi connectivity index (χ4n) is 3.50. The average molecular weight is 364 g/mol. The first-order valence-corrected chi connectivity index (χ1v) is 9.22. The van der Waals surface area contributed by atoms with Crippen LogP contribution in [0.25, 0.3) is 10.9 Å². The summed E-state index contributed by atoms with van der Waals surface area (Å²) >= 11 is 6.45. The van der Waals surface area contributed by atoms with Crippen LogP contribution in [-0.2, 0) is 5.41 Å². The fourth-order valence-corrected chi connectivity index (χ4v) is 3.74. The molecule has 1 aliphatic heterocycles. The number of halogens is 1. The molecule has 0 spiro atoms. The van der Waals surface area contributed by atoms with Crippen LogP contribution in [0.3, 0.4) is 0 Å². The Balaban J connectivity index is 2.02. The van der Waals surface area contributed by atoms with Crippen molar-refractivity contribution in [2.75, 3.05) is 0 Å². The molecule has 132 valence electrons. The number of benzene rings is 2. The van der Waals surface area contributed by atoms with Crippen molar-refractivity contribution in [3.8, 4) is 0 Å². The highest BCUT2D eigenvalue weighted by molar-refractivity contribution is 6.34. The van der Waals surface area contributed by atoms with Crippen molar-refractivity contribution >= 4 is 28.2 Å². The van der Waals surface area contributed by atoms with E-state index in [0.29, 0.717) is 11.0 Å². The third-order valence-corrected chi connectivity index (χ3v) is 6.08. The SMILES string of the molecule is Cc1ccc2c(c1)C(C)(C)C(C)(C)N=C2c1nc(Cl)c2ccccc2n1. The van der Waals surface area contributed by atoms with Gasteiger partial charge in [0.15, 0.2) is 5.82 Å². The van der Waals surface area contributed by atoms with Crippen molar-refractivity contribution in [2.45, 2.75) is 45.6 Å². The second kappa shape index (κ2) is 5.62. The summed E-state index contributed by atoms with van der Waals surface area (Å²) in [6, 6.07) is 14.3. The maximum absolute atomic E-state index is 6.45. The van der Waals surface area contributed by atoms with E-state index in [-0.39, 0.29) is 11.0 Å². The van der Waals surface area contributed by atoms with Gasteiger partial charge in [-0.05, 0) is 38.5 Å². The molecule has 2 aromatic carbocycles. The van der Waals surface area contributed by atoms with Crippen LogP contribution < -0.4 is 0 Å². The second-order valence-electron chi connectivity index (χ2n) is 8.05.